The van der Waals surface area contributed by atoms with Crippen molar-refractivity contribution < 1.29 is 13.2 Å². The number of nitrogens with zero attached hydrogens (tertiary/aromatic N) is 1. The predicted molar refractivity (Wildman–Crippen MR) is 99.1 cm³/mol. The van der Waals surface area contributed by atoms with Crippen LogP contribution in [0, 0.1) is 5.92 Å². The lowest BCUT2D eigenvalue weighted by molar-refractivity contribution is -0.121. The van der Waals surface area contributed by atoms with Crippen LogP contribution in [0.4, 0.5) is 0 Å². The van der Waals surface area contributed by atoms with Gasteiger partial charge in [-0.1, -0.05) is 30.3 Å². The second-order valence-electron chi connectivity index (χ2n) is 6.98. The van der Waals surface area contributed by atoms with Gasteiger partial charge in [0.15, 0.2) is 0 Å². The number of benzene rings is 1. The average molecular weight is 362 g/mol. The van der Waals surface area contributed by atoms with Crippen LogP contribution < -0.4 is 5.32 Å². The standard InChI is InChI=1S/C19H26N2O3S/c22-19(20-18-7-8-18)9-6-17-10-13-21(14-11-17)25(23,24)15-12-16-4-2-1-3-5-16/h1-5,12,15,17-18H,6-11,13-14H2,(H,20,22)/b15-12+. The molecule has 136 valence electrons. The van der Waals surface area contributed by atoms with Gasteiger partial charge in [0, 0.05) is 31.0 Å². The normalized spacial score (nSPS) is 20.0. The minimum Gasteiger partial charge on any atom is -0.353 e. The minimum absolute atomic E-state index is 0.142. The zero-order valence-electron chi connectivity index (χ0n) is 14.4. The fourth-order valence-corrected chi connectivity index (χ4v) is 4.35. The third kappa shape index (κ3) is 5.68. The first kappa shape index (κ1) is 18.1. The van der Waals surface area contributed by atoms with Crippen LogP contribution in [0.15, 0.2) is 35.7 Å². The zero-order valence-corrected chi connectivity index (χ0v) is 15.2. The molecule has 1 aromatic rings. The molecule has 5 nitrogen and oxygen atoms in total. The second kappa shape index (κ2) is 8.15. The van der Waals surface area contributed by atoms with Crippen molar-refractivity contribution in [2.75, 3.05) is 13.1 Å². The number of piperidine rings is 1. The van der Waals surface area contributed by atoms with E-state index >= 15 is 0 Å². The van der Waals surface area contributed by atoms with Gasteiger partial charge in [-0.2, -0.15) is 4.31 Å². The van der Waals surface area contributed by atoms with Crippen molar-refractivity contribution in [3.63, 3.8) is 0 Å². The lowest BCUT2D eigenvalue weighted by Gasteiger charge is -2.30. The van der Waals surface area contributed by atoms with Crippen molar-refractivity contribution in [1.82, 2.24) is 9.62 Å². The molecule has 1 saturated heterocycles. The molecule has 1 heterocycles. The van der Waals surface area contributed by atoms with Crippen molar-refractivity contribution in [1.29, 1.82) is 0 Å². The number of sulfonamides is 1. The summed E-state index contributed by atoms with van der Waals surface area (Å²) >= 11 is 0. The fourth-order valence-electron chi connectivity index (χ4n) is 3.13. The third-order valence-electron chi connectivity index (χ3n) is 4.89. The van der Waals surface area contributed by atoms with E-state index in [0.717, 1.165) is 37.7 Å². The minimum atomic E-state index is -3.37. The van der Waals surface area contributed by atoms with Gasteiger partial charge in [0.05, 0.1) is 0 Å². The summed E-state index contributed by atoms with van der Waals surface area (Å²) in [5.74, 6) is 0.581. The van der Waals surface area contributed by atoms with Crippen LogP contribution in [-0.4, -0.2) is 37.8 Å². The summed E-state index contributed by atoms with van der Waals surface area (Å²) in [6, 6.07) is 9.85. The average Bonchev–Trinajstić information content (AvgIpc) is 3.43. The van der Waals surface area contributed by atoms with Crippen molar-refractivity contribution in [2.24, 2.45) is 5.92 Å². The Labute approximate surface area is 150 Å². The summed E-state index contributed by atoms with van der Waals surface area (Å²) < 4.78 is 26.4. The molecule has 1 aliphatic heterocycles. The fraction of sp³-hybridized carbons (Fsp3) is 0.526. The molecule has 2 aliphatic rings. The quantitative estimate of drug-likeness (QED) is 0.811. The maximum atomic E-state index is 12.4. The molecule has 25 heavy (non-hydrogen) atoms. The van der Waals surface area contributed by atoms with E-state index < -0.39 is 10.0 Å². The maximum Gasteiger partial charge on any atom is 0.236 e. The Morgan fingerprint density at radius 3 is 2.44 bits per heavy atom. The van der Waals surface area contributed by atoms with Crippen molar-refractivity contribution in [3.05, 3.63) is 41.3 Å². The van der Waals surface area contributed by atoms with Gasteiger partial charge in [-0.3, -0.25) is 4.79 Å². The van der Waals surface area contributed by atoms with Crippen LogP contribution in [0.5, 0.6) is 0 Å². The predicted octanol–water partition coefficient (Wildman–Crippen LogP) is 2.76. The lowest BCUT2D eigenvalue weighted by atomic mass is 9.93. The Morgan fingerprint density at radius 1 is 1.12 bits per heavy atom. The molecule has 1 amide bonds. The van der Waals surface area contributed by atoms with E-state index in [1.54, 1.807) is 10.4 Å². The Kier molecular flexibility index (Phi) is 5.91. The summed E-state index contributed by atoms with van der Waals surface area (Å²) in [6.45, 7) is 1.08. The molecule has 1 N–H and O–H groups in total. The van der Waals surface area contributed by atoms with E-state index in [2.05, 4.69) is 5.32 Å². The first-order chi connectivity index (χ1) is 12.0. The molecular weight excluding hydrogens is 336 g/mol. The number of rotatable bonds is 7. The van der Waals surface area contributed by atoms with E-state index in [1.165, 1.54) is 5.41 Å². The topological polar surface area (TPSA) is 66.5 Å². The SMILES string of the molecule is O=C(CCC1CCN(S(=O)(=O)/C=C/c2ccccc2)CC1)NC1CC1. The number of carbonyl (C=O) groups excluding carboxylic acids is 1. The van der Waals surface area contributed by atoms with Gasteiger partial charge < -0.3 is 5.32 Å². The Balaban J connectivity index is 1.44. The lowest BCUT2D eigenvalue weighted by Crippen LogP contribution is -2.37. The highest BCUT2D eigenvalue weighted by atomic mass is 32.2. The van der Waals surface area contributed by atoms with Gasteiger partial charge in [-0.15, -0.1) is 0 Å². The molecule has 2 fully saturated rings. The first-order valence-corrected chi connectivity index (χ1v) is 10.6. The highest BCUT2D eigenvalue weighted by Crippen LogP contribution is 2.25. The Bertz CT molecular complexity index is 703. The number of carbonyl (C=O) groups is 1. The molecule has 1 aliphatic carbocycles. The van der Waals surface area contributed by atoms with Crippen LogP contribution in [0.25, 0.3) is 6.08 Å². The number of hydrogen-bond acceptors (Lipinski definition) is 3. The molecule has 0 unspecified atom stereocenters. The Morgan fingerprint density at radius 2 is 1.80 bits per heavy atom. The Hall–Kier alpha value is -1.66. The van der Waals surface area contributed by atoms with Crippen LogP contribution in [-0.2, 0) is 14.8 Å². The monoisotopic (exact) mass is 362 g/mol. The van der Waals surface area contributed by atoms with Crippen molar-refractivity contribution in [2.45, 2.75) is 44.6 Å². The highest BCUT2D eigenvalue weighted by molar-refractivity contribution is 7.92. The molecule has 0 aromatic heterocycles. The summed E-state index contributed by atoms with van der Waals surface area (Å²) in [4.78, 5) is 11.8. The number of nitrogens with one attached hydrogen (secondary N) is 1. The van der Waals surface area contributed by atoms with E-state index in [0.29, 0.717) is 31.5 Å². The van der Waals surface area contributed by atoms with E-state index in [9.17, 15) is 13.2 Å². The van der Waals surface area contributed by atoms with Gasteiger partial charge in [0.25, 0.3) is 0 Å². The smallest absolute Gasteiger partial charge is 0.236 e. The summed E-state index contributed by atoms with van der Waals surface area (Å²) in [5, 5.41) is 4.30. The molecule has 3 rings (SSSR count). The zero-order chi connectivity index (χ0) is 17.7. The first-order valence-electron chi connectivity index (χ1n) is 9.05. The number of amides is 1. The highest BCUT2D eigenvalue weighted by Gasteiger charge is 2.27. The van der Waals surface area contributed by atoms with Gasteiger partial charge in [-0.05, 0) is 49.7 Å². The number of hydrogen-bond donors (Lipinski definition) is 1. The van der Waals surface area contributed by atoms with Gasteiger partial charge in [0.1, 0.15) is 0 Å². The third-order valence-corrected chi connectivity index (χ3v) is 6.45. The van der Waals surface area contributed by atoms with E-state index in [-0.39, 0.29) is 5.91 Å². The van der Waals surface area contributed by atoms with Gasteiger partial charge >= 0.3 is 0 Å². The molecule has 0 bridgehead atoms. The molecule has 0 spiro atoms. The second-order valence-corrected chi connectivity index (χ2v) is 8.80. The maximum absolute atomic E-state index is 12.4. The van der Waals surface area contributed by atoms with E-state index in [4.69, 9.17) is 0 Å². The van der Waals surface area contributed by atoms with Gasteiger partial charge in [0.2, 0.25) is 15.9 Å². The van der Waals surface area contributed by atoms with Crippen LogP contribution in [0.2, 0.25) is 0 Å². The largest absolute Gasteiger partial charge is 0.353 e. The van der Waals surface area contributed by atoms with Crippen LogP contribution >= 0.6 is 0 Å². The van der Waals surface area contributed by atoms with Crippen molar-refractivity contribution in [3.8, 4) is 0 Å². The van der Waals surface area contributed by atoms with Crippen LogP contribution in [0.3, 0.4) is 0 Å². The molecular formula is C19H26N2O3S. The molecule has 1 saturated carbocycles. The molecule has 0 radical (unpaired) electrons. The molecule has 0 atom stereocenters. The molecule has 1 aromatic carbocycles. The van der Waals surface area contributed by atoms with Gasteiger partial charge in [-0.25, -0.2) is 8.42 Å². The molecule has 6 heteroatoms. The van der Waals surface area contributed by atoms with E-state index in [1.807, 2.05) is 30.3 Å². The summed E-state index contributed by atoms with van der Waals surface area (Å²) in [7, 11) is -3.37. The summed E-state index contributed by atoms with van der Waals surface area (Å²) in [5.41, 5.74) is 0.877. The van der Waals surface area contributed by atoms with Crippen molar-refractivity contribution >= 4 is 22.0 Å². The summed E-state index contributed by atoms with van der Waals surface area (Å²) in [6.07, 6.45) is 6.93. The van der Waals surface area contributed by atoms with Crippen LogP contribution in [0.1, 0.15) is 44.1 Å².